The van der Waals surface area contributed by atoms with Crippen molar-refractivity contribution in [3.8, 4) is 0 Å². The molecule has 0 aromatic carbocycles. The average molecular weight is 376 g/mol. The molecule has 0 bridgehead atoms. The number of aliphatic hydroxyl groups is 2. The molecule has 0 aliphatic carbocycles. The molecule has 0 rings (SSSR count). The van der Waals surface area contributed by atoms with Gasteiger partial charge < -0.3 is 39.5 Å². The Balaban J connectivity index is -0.0000000225. The maximum Gasteiger partial charge on any atom is 4.00 e. The van der Waals surface area contributed by atoms with Crippen molar-refractivity contribution in [1.29, 1.82) is 0 Å². The zero-order valence-electron chi connectivity index (χ0n) is 14.1. The molecular formula is C14H32O5Ti2. The summed E-state index contributed by atoms with van der Waals surface area (Å²) in [5.41, 5.74) is 0. The van der Waals surface area contributed by atoms with Gasteiger partial charge in [-0.25, -0.2) is 0 Å². The minimum Gasteiger partial charge on any atom is -2.00 e. The van der Waals surface area contributed by atoms with E-state index in [4.69, 9.17) is 10.2 Å². The van der Waals surface area contributed by atoms with Gasteiger partial charge in [0.1, 0.15) is 0 Å². The van der Waals surface area contributed by atoms with Gasteiger partial charge in [-0.15, -0.1) is 0 Å². The van der Waals surface area contributed by atoms with Crippen LogP contribution in [-0.2, 0) is 59.9 Å². The molecule has 0 aromatic rings. The van der Waals surface area contributed by atoms with E-state index in [9.17, 15) is 0 Å². The predicted molar refractivity (Wildman–Crippen MR) is 75.0 cm³/mol. The van der Waals surface area contributed by atoms with E-state index in [0.29, 0.717) is 6.42 Å². The zero-order chi connectivity index (χ0) is 13.2. The topological polar surface area (TPSA) is 126 Å². The summed E-state index contributed by atoms with van der Waals surface area (Å²) in [6.07, 6.45) is 9.24. The van der Waals surface area contributed by atoms with Gasteiger partial charge in [0.15, 0.2) is 6.29 Å². The summed E-state index contributed by atoms with van der Waals surface area (Å²) >= 11 is 0. The Labute approximate surface area is 162 Å². The summed E-state index contributed by atoms with van der Waals surface area (Å²) in [5.74, 6) is 0. The van der Waals surface area contributed by atoms with E-state index in [1.165, 1.54) is 19.3 Å². The third-order valence-electron chi connectivity index (χ3n) is 1.57. The van der Waals surface area contributed by atoms with Gasteiger partial charge in [-0.2, -0.15) is 27.7 Å². The molecule has 0 aliphatic rings. The quantitative estimate of drug-likeness (QED) is 0.317. The molecule has 0 aliphatic heterocycles. The van der Waals surface area contributed by atoms with Crippen molar-refractivity contribution in [2.45, 2.75) is 79.4 Å². The van der Waals surface area contributed by atoms with Crippen LogP contribution in [0.4, 0.5) is 0 Å². The maximum absolute atomic E-state index is 8.46. The van der Waals surface area contributed by atoms with Crippen LogP contribution in [0.3, 0.4) is 0 Å². The molecule has 0 atom stereocenters. The predicted octanol–water partition coefficient (Wildman–Crippen LogP) is 3.76. The molecule has 2 N–H and O–H groups in total. The van der Waals surface area contributed by atoms with E-state index < -0.39 is 6.29 Å². The summed E-state index contributed by atoms with van der Waals surface area (Å²) in [6.45, 7) is 10.2. The van der Waals surface area contributed by atoms with E-state index in [1.807, 2.05) is 40.5 Å². The Kier molecular flexibility index (Phi) is 137. The number of hydrogen-bond donors (Lipinski definition) is 2. The second kappa shape index (κ2) is 58.1. The van der Waals surface area contributed by atoms with E-state index in [1.54, 1.807) is 0 Å². The van der Waals surface area contributed by atoms with E-state index in [2.05, 4.69) is 6.92 Å². The summed E-state index contributed by atoms with van der Waals surface area (Å²) in [7, 11) is 0. The van der Waals surface area contributed by atoms with E-state index in [-0.39, 0.29) is 59.9 Å². The largest absolute Gasteiger partial charge is 4.00 e. The Morgan fingerprint density at radius 2 is 1.00 bits per heavy atom. The first-order valence-corrected chi connectivity index (χ1v) is 6.44. The van der Waals surface area contributed by atoms with Crippen molar-refractivity contribution in [2.75, 3.05) is 0 Å². The normalized spacial score (nSPS) is 6.86. The molecule has 5 nitrogen and oxygen atoms in total. The first-order chi connectivity index (χ1) is 7.60. The van der Waals surface area contributed by atoms with Gasteiger partial charge in [0.05, 0.1) is 0 Å². The molecule has 0 spiro atoms. The molecule has 0 heterocycles. The monoisotopic (exact) mass is 376 g/mol. The fourth-order valence-corrected chi connectivity index (χ4v) is 0.930. The second-order valence-electron chi connectivity index (χ2n) is 3.84. The summed E-state index contributed by atoms with van der Waals surface area (Å²) < 4.78 is 0. The van der Waals surface area contributed by atoms with Crippen LogP contribution in [0.25, 0.3) is 0 Å². The van der Waals surface area contributed by atoms with Crippen LogP contribution in [0.15, 0.2) is 0 Å². The van der Waals surface area contributed by atoms with Crippen LogP contribution < -0.4 is 0 Å². The third kappa shape index (κ3) is 116. The summed E-state index contributed by atoms with van der Waals surface area (Å²) in [4.78, 5) is 0. The zero-order valence-corrected chi connectivity index (χ0v) is 17.2. The fourth-order valence-electron chi connectivity index (χ4n) is 0.930. The van der Waals surface area contributed by atoms with Crippen LogP contribution in [0.2, 0.25) is 0 Å². The van der Waals surface area contributed by atoms with Gasteiger partial charge >= 0.3 is 43.4 Å². The Bertz CT molecular complexity index is 97.4. The average Bonchev–Trinajstić information content (AvgIpc) is 2.19. The van der Waals surface area contributed by atoms with Crippen molar-refractivity contribution in [3.05, 3.63) is 12.8 Å². The molecular weight excluding hydrogens is 344 g/mol. The number of hydrogen-bond acceptors (Lipinski definition) is 2. The van der Waals surface area contributed by atoms with Crippen LogP contribution in [0, 0.1) is 12.8 Å². The molecule has 0 saturated heterocycles. The van der Waals surface area contributed by atoms with Crippen LogP contribution in [0.1, 0.15) is 73.1 Å². The molecule has 0 amide bonds. The van der Waals surface area contributed by atoms with Crippen molar-refractivity contribution in [1.82, 2.24) is 0 Å². The first kappa shape index (κ1) is 49.5. The molecule has 0 aromatic heterocycles. The van der Waals surface area contributed by atoms with Gasteiger partial charge in [-0.3, -0.25) is 0 Å². The van der Waals surface area contributed by atoms with E-state index >= 15 is 0 Å². The SMILES string of the molecule is CCCCCCCC(O)O.C[CH-]C.C[CH-]C.[O-2].[O-2].[O-2].[Ti+4].[Ti+4]. The molecule has 126 valence electrons. The van der Waals surface area contributed by atoms with Gasteiger partial charge in [0.2, 0.25) is 0 Å². The standard InChI is InChI=1S/C8H18O2.2C3H7.3O.2Ti/c1-2-3-4-5-6-7-8(9)10;2*1-3-2;;;;;/h8-10H,2-7H2,1H3;2*3H,1-2H3;;;;;/q;2*-1;3*-2;2*+4. The van der Waals surface area contributed by atoms with Gasteiger partial charge in [-0.05, 0) is 12.8 Å². The van der Waals surface area contributed by atoms with Crippen LogP contribution in [-0.4, -0.2) is 16.5 Å². The Morgan fingerprint density at radius 1 is 0.714 bits per heavy atom. The molecule has 7 heteroatoms. The van der Waals surface area contributed by atoms with Gasteiger partial charge in [0.25, 0.3) is 0 Å². The second-order valence-corrected chi connectivity index (χ2v) is 3.84. The molecule has 0 radical (unpaired) electrons. The number of rotatable bonds is 6. The number of aliphatic hydroxyl groups excluding tert-OH is 1. The smallest absolute Gasteiger partial charge is 2.00 e. The molecule has 0 fully saturated rings. The van der Waals surface area contributed by atoms with Crippen LogP contribution >= 0.6 is 0 Å². The summed E-state index contributed by atoms with van der Waals surface area (Å²) in [5, 5.41) is 16.9. The van der Waals surface area contributed by atoms with Gasteiger partial charge in [-0.1, -0.05) is 32.6 Å². The minimum absolute atomic E-state index is 0. The summed E-state index contributed by atoms with van der Waals surface area (Å²) in [6, 6.07) is 0. The first-order valence-electron chi connectivity index (χ1n) is 6.44. The van der Waals surface area contributed by atoms with Crippen LogP contribution in [0.5, 0.6) is 0 Å². The minimum atomic E-state index is -1.10. The third-order valence-corrected chi connectivity index (χ3v) is 1.57. The van der Waals surface area contributed by atoms with Crippen molar-refractivity contribution in [3.63, 3.8) is 0 Å². The fraction of sp³-hybridized carbons (Fsp3) is 0.857. The maximum atomic E-state index is 8.46. The molecule has 21 heavy (non-hydrogen) atoms. The Morgan fingerprint density at radius 3 is 1.24 bits per heavy atom. The molecule has 0 unspecified atom stereocenters. The Hall–Kier alpha value is 1.23. The molecule has 0 saturated carbocycles. The van der Waals surface area contributed by atoms with Gasteiger partial charge in [0, 0.05) is 0 Å². The van der Waals surface area contributed by atoms with E-state index in [0.717, 1.165) is 12.8 Å². The van der Waals surface area contributed by atoms with Crippen molar-refractivity contribution < 1.29 is 70.1 Å². The van der Waals surface area contributed by atoms with Crippen molar-refractivity contribution in [2.24, 2.45) is 0 Å². The number of unbranched alkanes of at least 4 members (excludes halogenated alkanes) is 4. The van der Waals surface area contributed by atoms with Crippen molar-refractivity contribution >= 4 is 0 Å².